The summed E-state index contributed by atoms with van der Waals surface area (Å²) in [5.41, 5.74) is 0.824. The van der Waals surface area contributed by atoms with E-state index in [0.717, 1.165) is 11.4 Å². The number of aromatic nitrogens is 1. The fourth-order valence-electron chi connectivity index (χ4n) is 1.34. The van der Waals surface area contributed by atoms with Crippen molar-refractivity contribution in [1.82, 2.24) is 9.29 Å². The van der Waals surface area contributed by atoms with Crippen LogP contribution in [-0.2, 0) is 10.0 Å². The Labute approximate surface area is 93.7 Å². The molecule has 2 heterocycles. The van der Waals surface area contributed by atoms with Crippen molar-refractivity contribution in [2.75, 3.05) is 18.2 Å². The van der Waals surface area contributed by atoms with Crippen LogP contribution in [0.5, 0.6) is 0 Å². The molecule has 1 aliphatic rings. The van der Waals surface area contributed by atoms with E-state index in [1.54, 1.807) is 23.9 Å². The predicted molar refractivity (Wildman–Crippen MR) is 60.2 cm³/mol. The maximum absolute atomic E-state index is 12.0. The molecule has 0 unspecified atom stereocenters. The smallest absolute Gasteiger partial charge is 0.245 e. The lowest BCUT2D eigenvalue weighted by Crippen LogP contribution is -2.28. The minimum atomic E-state index is -3.31. The number of rotatable bonds is 2. The molecule has 0 saturated carbocycles. The lowest BCUT2D eigenvalue weighted by atomic mass is 10.4. The van der Waals surface area contributed by atoms with Gasteiger partial charge in [-0.05, 0) is 19.1 Å². The van der Waals surface area contributed by atoms with Gasteiger partial charge in [-0.3, -0.25) is 4.98 Å². The molecular weight excluding hydrogens is 232 g/mol. The van der Waals surface area contributed by atoms with Gasteiger partial charge in [0.25, 0.3) is 0 Å². The number of nitrogens with zero attached hydrogens (tertiary/aromatic N) is 2. The van der Waals surface area contributed by atoms with Crippen molar-refractivity contribution < 1.29 is 8.42 Å². The fraction of sp³-hybridized carbons (Fsp3) is 0.444. The van der Waals surface area contributed by atoms with Gasteiger partial charge in [-0.25, -0.2) is 8.42 Å². The number of sulfonamides is 1. The second-order valence-corrected chi connectivity index (χ2v) is 6.37. The molecule has 1 aromatic heterocycles. The van der Waals surface area contributed by atoms with Crippen molar-refractivity contribution in [3.63, 3.8) is 0 Å². The molecule has 82 valence electrons. The van der Waals surface area contributed by atoms with Crippen LogP contribution in [0.2, 0.25) is 0 Å². The van der Waals surface area contributed by atoms with Gasteiger partial charge in [0.1, 0.15) is 4.90 Å². The van der Waals surface area contributed by atoms with E-state index in [9.17, 15) is 8.42 Å². The van der Waals surface area contributed by atoms with Crippen molar-refractivity contribution >= 4 is 21.8 Å². The molecule has 1 aromatic rings. The van der Waals surface area contributed by atoms with Gasteiger partial charge in [-0.1, -0.05) is 0 Å². The van der Waals surface area contributed by atoms with E-state index in [2.05, 4.69) is 4.98 Å². The second-order valence-electron chi connectivity index (χ2n) is 3.35. The Balaban J connectivity index is 2.32. The van der Waals surface area contributed by atoms with Crippen LogP contribution in [0.25, 0.3) is 0 Å². The largest absolute Gasteiger partial charge is 0.260 e. The molecule has 2 rings (SSSR count). The Hall–Kier alpha value is -0.590. The molecule has 15 heavy (non-hydrogen) atoms. The van der Waals surface area contributed by atoms with Crippen molar-refractivity contribution in [3.8, 4) is 0 Å². The van der Waals surface area contributed by atoms with E-state index >= 15 is 0 Å². The Kier molecular flexibility index (Phi) is 2.99. The van der Waals surface area contributed by atoms with Crippen LogP contribution in [0.1, 0.15) is 5.69 Å². The van der Waals surface area contributed by atoms with E-state index in [4.69, 9.17) is 0 Å². The Morgan fingerprint density at radius 3 is 2.80 bits per heavy atom. The Morgan fingerprint density at radius 1 is 1.47 bits per heavy atom. The molecule has 0 amide bonds. The molecule has 0 spiro atoms. The zero-order chi connectivity index (χ0) is 10.9. The first-order chi connectivity index (χ1) is 7.10. The molecule has 4 nitrogen and oxygen atoms in total. The average Bonchev–Trinajstić information content (AvgIpc) is 2.71. The summed E-state index contributed by atoms with van der Waals surface area (Å²) >= 11 is 1.63. The highest BCUT2D eigenvalue weighted by atomic mass is 32.2. The van der Waals surface area contributed by atoms with E-state index in [1.165, 1.54) is 10.5 Å². The summed E-state index contributed by atoms with van der Waals surface area (Å²) in [5, 5.41) is 0. The molecule has 1 aliphatic heterocycles. The first-order valence-corrected chi connectivity index (χ1v) is 7.21. The van der Waals surface area contributed by atoms with E-state index < -0.39 is 10.0 Å². The van der Waals surface area contributed by atoms with Crippen molar-refractivity contribution in [2.24, 2.45) is 0 Å². The summed E-state index contributed by atoms with van der Waals surface area (Å²) in [6.07, 6.45) is 1.42. The standard InChI is InChI=1S/C9H12N2O2S2/c1-8-2-3-9(6-10-8)15(12,13)11-4-5-14-7-11/h2-3,6H,4-5,7H2,1H3. The van der Waals surface area contributed by atoms with Gasteiger partial charge in [0.05, 0.1) is 5.88 Å². The summed E-state index contributed by atoms with van der Waals surface area (Å²) in [5.74, 6) is 1.43. The third-order valence-electron chi connectivity index (χ3n) is 2.24. The maximum atomic E-state index is 12.0. The van der Waals surface area contributed by atoms with Crippen LogP contribution in [-0.4, -0.2) is 35.9 Å². The zero-order valence-corrected chi connectivity index (χ0v) is 10.0. The lowest BCUT2D eigenvalue weighted by Gasteiger charge is -2.14. The molecule has 0 aromatic carbocycles. The quantitative estimate of drug-likeness (QED) is 0.781. The van der Waals surface area contributed by atoms with Crippen LogP contribution in [0.3, 0.4) is 0 Å². The molecule has 0 N–H and O–H groups in total. The summed E-state index contributed by atoms with van der Waals surface area (Å²) < 4.78 is 25.5. The van der Waals surface area contributed by atoms with E-state index in [1.807, 2.05) is 6.92 Å². The highest BCUT2D eigenvalue weighted by Crippen LogP contribution is 2.22. The van der Waals surface area contributed by atoms with Crippen LogP contribution < -0.4 is 0 Å². The SMILES string of the molecule is Cc1ccc(S(=O)(=O)N2CCSC2)cn1. The number of thioether (sulfide) groups is 1. The van der Waals surface area contributed by atoms with E-state index in [-0.39, 0.29) is 4.90 Å². The fourth-order valence-corrected chi connectivity index (χ4v) is 4.10. The van der Waals surface area contributed by atoms with Gasteiger partial charge in [0.2, 0.25) is 10.0 Å². The summed E-state index contributed by atoms with van der Waals surface area (Å²) in [6, 6.07) is 3.33. The normalized spacial score (nSPS) is 18.2. The van der Waals surface area contributed by atoms with Gasteiger partial charge >= 0.3 is 0 Å². The number of hydrogen-bond acceptors (Lipinski definition) is 4. The molecule has 0 atom stereocenters. The second kappa shape index (κ2) is 4.11. The predicted octanol–water partition coefficient (Wildman–Crippen LogP) is 1.09. The van der Waals surface area contributed by atoms with Crippen LogP contribution in [0, 0.1) is 6.92 Å². The highest BCUT2D eigenvalue weighted by Gasteiger charge is 2.27. The minimum Gasteiger partial charge on any atom is -0.260 e. The first kappa shape index (κ1) is 10.9. The number of pyridine rings is 1. The number of aryl methyl sites for hydroxylation is 1. The lowest BCUT2D eigenvalue weighted by molar-refractivity contribution is 0.489. The van der Waals surface area contributed by atoms with Crippen molar-refractivity contribution in [3.05, 3.63) is 24.0 Å². The Morgan fingerprint density at radius 2 is 2.27 bits per heavy atom. The minimum absolute atomic E-state index is 0.288. The molecule has 1 fully saturated rings. The maximum Gasteiger partial charge on any atom is 0.245 e. The van der Waals surface area contributed by atoms with E-state index in [0.29, 0.717) is 12.4 Å². The Bertz CT molecular complexity index is 436. The monoisotopic (exact) mass is 244 g/mol. The van der Waals surface area contributed by atoms with Gasteiger partial charge in [0.15, 0.2) is 0 Å². The summed E-state index contributed by atoms with van der Waals surface area (Å²) in [6.45, 7) is 2.43. The summed E-state index contributed by atoms with van der Waals surface area (Å²) in [4.78, 5) is 4.29. The molecular formula is C9H12N2O2S2. The average molecular weight is 244 g/mol. The topological polar surface area (TPSA) is 50.3 Å². The van der Waals surface area contributed by atoms with Crippen LogP contribution >= 0.6 is 11.8 Å². The van der Waals surface area contributed by atoms with Crippen molar-refractivity contribution in [1.29, 1.82) is 0 Å². The first-order valence-electron chi connectivity index (χ1n) is 4.61. The molecule has 0 radical (unpaired) electrons. The molecule has 0 aliphatic carbocycles. The zero-order valence-electron chi connectivity index (χ0n) is 8.38. The molecule has 6 heteroatoms. The van der Waals surface area contributed by atoms with Gasteiger partial charge < -0.3 is 0 Å². The third kappa shape index (κ3) is 2.16. The van der Waals surface area contributed by atoms with Crippen LogP contribution in [0.4, 0.5) is 0 Å². The summed E-state index contributed by atoms with van der Waals surface area (Å²) in [7, 11) is -3.31. The van der Waals surface area contributed by atoms with Crippen molar-refractivity contribution in [2.45, 2.75) is 11.8 Å². The van der Waals surface area contributed by atoms with Gasteiger partial charge in [0, 0.05) is 24.2 Å². The van der Waals surface area contributed by atoms with Crippen LogP contribution in [0.15, 0.2) is 23.2 Å². The van der Waals surface area contributed by atoms with Gasteiger partial charge in [-0.2, -0.15) is 4.31 Å². The molecule has 1 saturated heterocycles. The highest BCUT2D eigenvalue weighted by molar-refractivity contribution is 8.00. The van der Waals surface area contributed by atoms with Gasteiger partial charge in [-0.15, -0.1) is 11.8 Å². The molecule has 0 bridgehead atoms. The third-order valence-corrected chi connectivity index (χ3v) is 5.20. The number of hydrogen-bond donors (Lipinski definition) is 0.